The molecule has 0 aromatic heterocycles. The second-order valence-corrected chi connectivity index (χ2v) is 15.7. The van der Waals surface area contributed by atoms with Gasteiger partial charge in [0.05, 0.1) is 0 Å². The van der Waals surface area contributed by atoms with Crippen LogP contribution in [0.1, 0.15) is 69.6 Å². The fourth-order valence-electron chi connectivity index (χ4n) is 6.92. The number of hydrogen-bond acceptors (Lipinski definition) is 9. The highest BCUT2D eigenvalue weighted by Gasteiger charge is 2.36. The molecule has 0 unspecified atom stereocenters. The maximum Gasteiger partial charge on any atom is 0.326 e. The van der Waals surface area contributed by atoms with E-state index < -0.39 is 83.7 Å². The molecule has 1 fully saturated rings. The smallest absolute Gasteiger partial charge is 0.326 e. The molecular weight excluding hydrogens is 799 g/mol. The predicted molar refractivity (Wildman–Crippen MR) is 230 cm³/mol. The summed E-state index contributed by atoms with van der Waals surface area (Å²) in [6.45, 7) is 5.23. The summed E-state index contributed by atoms with van der Waals surface area (Å²) in [6, 6.07) is 13.2. The second kappa shape index (κ2) is 23.4. The van der Waals surface area contributed by atoms with E-state index in [2.05, 4.69) is 31.9 Å². The number of hydrogen-bond donors (Lipinski definition) is 9. The van der Waals surface area contributed by atoms with Gasteiger partial charge < -0.3 is 52.1 Å². The Morgan fingerprint density at radius 3 is 2.00 bits per heavy atom. The third-order valence-corrected chi connectivity index (χ3v) is 11.1. The van der Waals surface area contributed by atoms with Crippen molar-refractivity contribution in [3.63, 3.8) is 0 Å². The van der Waals surface area contributed by atoms with Crippen LogP contribution in [-0.4, -0.2) is 112 Å². The maximum absolute atomic E-state index is 14.3. The van der Waals surface area contributed by atoms with E-state index in [4.69, 9.17) is 0 Å². The molecule has 0 aliphatic carbocycles. The van der Waals surface area contributed by atoms with Gasteiger partial charge >= 0.3 is 12.0 Å². The molecule has 1 saturated heterocycles. The van der Waals surface area contributed by atoms with Crippen molar-refractivity contribution in [3.8, 4) is 11.5 Å². The number of nitrogens with one attached hydrogen (secondary N) is 6. The first-order valence-electron chi connectivity index (χ1n) is 20.9. The molecule has 1 heterocycles. The molecule has 9 N–H and O–H groups in total. The summed E-state index contributed by atoms with van der Waals surface area (Å²) in [5, 5.41) is 45.6. The summed E-state index contributed by atoms with van der Waals surface area (Å²) in [7, 11) is 1.43. The molecule has 1 aliphatic rings. The molecule has 3 aromatic rings. The molecule has 7 amide bonds. The van der Waals surface area contributed by atoms with E-state index in [1.54, 1.807) is 19.1 Å². The number of benzene rings is 3. The number of rotatable bonds is 12. The number of phenolic OH excluding ortho intramolecular Hbond substituents is 2. The van der Waals surface area contributed by atoms with Crippen LogP contribution in [0.2, 0.25) is 0 Å². The number of amides is 7. The first-order valence-corrected chi connectivity index (χ1v) is 20.9. The minimum Gasteiger partial charge on any atom is -0.508 e. The van der Waals surface area contributed by atoms with Gasteiger partial charge in [-0.1, -0.05) is 74.9 Å². The topological polar surface area (TPSA) is 256 Å². The maximum atomic E-state index is 14.3. The van der Waals surface area contributed by atoms with Crippen LogP contribution in [0, 0.1) is 5.92 Å². The molecule has 7 atom stereocenters. The molecule has 0 radical (unpaired) electrons. The molecule has 4 rings (SSSR count). The lowest BCUT2D eigenvalue weighted by atomic mass is 9.96. The average molecular weight is 858 g/mol. The summed E-state index contributed by atoms with van der Waals surface area (Å²) in [5.41, 5.74) is 2.06. The zero-order chi connectivity index (χ0) is 45.3. The van der Waals surface area contributed by atoms with Crippen molar-refractivity contribution in [2.75, 3.05) is 13.6 Å². The first kappa shape index (κ1) is 48.0. The van der Waals surface area contributed by atoms with E-state index in [9.17, 15) is 48.9 Å². The summed E-state index contributed by atoms with van der Waals surface area (Å²) >= 11 is 0. The SMILES string of the molecule is CC[C@H](C)[C@@H]1NC(=O)[C@H](NC(=O)N[C@@H](Cc2ccc(O)cc2)C(=O)O)CCCCNC(=O)[C@H](Cc2ccccc2)NC(=O)[C@@H](C)N(C)C(=O)[C@@H](CCc2ccc(O)cc2)NC1=O. The fraction of sp³-hybridized carbons (Fsp3) is 0.444. The van der Waals surface area contributed by atoms with Crippen LogP contribution in [-0.2, 0) is 48.0 Å². The fourth-order valence-corrected chi connectivity index (χ4v) is 6.92. The van der Waals surface area contributed by atoms with Crippen LogP contribution in [0.5, 0.6) is 11.5 Å². The van der Waals surface area contributed by atoms with Crippen LogP contribution < -0.4 is 31.9 Å². The van der Waals surface area contributed by atoms with E-state index in [0.29, 0.717) is 24.8 Å². The molecule has 0 spiro atoms. The first-order chi connectivity index (χ1) is 29.6. The quantitative estimate of drug-likeness (QED) is 0.129. The third-order valence-electron chi connectivity index (χ3n) is 11.1. The van der Waals surface area contributed by atoms with Crippen LogP contribution in [0.4, 0.5) is 4.79 Å². The van der Waals surface area contributed by atoms with E-state index in [0.717, 1.165) is 11.1 Å². The Hall–Kier alpha value is -6.65. The zero-order valence-electron chi connectivity index (χ0n) is 35.6. The third kappa shape index (κ3) is 14.5. The number of aryl methyl sites for hydroxylation is 1. The standard InChI is InChI=1S/C45H59N7O10/c1-5-27(2)38-42(58)47-35(23-18-29-14-19-32(53)20-15-29)43(59)52(4)28(3)39(55)48-36(25-30-11-7-6-8-12-30)40(56)46-24-10-9-13-34(41(57)51-38)49-45(62)50-37(44(60)61)26-31-16-21-33(54)22-17-31/h6-8,11-12,14-17,19-22,27-28,34-38,53-54H,5,9-10,13,18,23-26H2,1-4H3,(H,46,56)(H,47,58)(H,48,55)(H,51,57)(H,60,61)(H2,49,50,62)/t27-,28+,34+,35+,36-,37-,38-/m0/s1. The van der Waals surface area contributed by atoms with Crippen molar-refractivity contribution in [1.29, 1.82) is 0 Å². The van der Waals surface area contributed by atoms with E-state index in [1.165, 1.54) is 55.3 Å². The highest BCUT2D eigenvalue weighted by molar-refractivity contribution is 5.96. The summed E-state index contributed by atoms with van der Waals surface area (Å²) < 4.78 is 0. The summed E-state index contributed by atoms with van der Waals surface area (Å²) in [4.78, 5) is 96.7. The second-order valence-electron chi connectivity index (χ2n) is 15.7. The van der Waals surface area contributed by atoms with Crippen LogP contribution >= 0.6 is 0 Å². The Bertz CT molecular complexity index is 2000. The van der Waals surface area contributed by atoms with Crippen LogP contribution in [0.3, 0.4) is 0 Å². The van der Waals surface area contributed by atoms with E-state index in [-0.39, 0.29) is 50.1 Å². The number of likely N-dealkylation sites (N-methyl/N-ethyl adjacent to an activating group) is 1. The lowest BCUT2D eigenvalue weighted by Crippen LogP contribution is -2.60. The monoisotopic (exact) mass is 857 g/mol. The number of carbonyl (C=O) groups excluding carboxylic acids is 6. The highest BCUT2D eigenvalue weighted by Crippen LogP contribution is 2.17. The molecule has 0 bridgehead atoms. The Labute approximate surface area is 361 Å². The number of aromatic hydroxyl groups is 2. The van der Waals surface area contributed by atoms with Gasteiger partial charge in [-0.2, -0.15) is 0 Å². The minimum absolute atomic E-state index is 0.0141. The van der Waals surface area contributed by atoms with Gasteiger partial charge in [-0.15, -0.1) is 0 Å². The summed E-state index contributed by atoms with van der Waals surface area (Å²) in [5.74, 6) is -4.84. The average Bonchev–Trinajstić information content (AvgIpc) is 3.25. The predicted octanol–water partition coefficient (Wildman–Crippen LogP) is 2.28. The number of aliphatic carboxylic acids is 1. The van der Waals surface area contributed by atoms with E-state index in [1.807, 2.05) is 37.3 Å². The van der Waals surface area contributed by atoms with Crippen molar-refractivity contribution >= 4 is 41.5 Å². The molecule has 1 aliphatic heterocycles. The number of carboxylic acid groups (broad SMARTS) is 1. The number of carbonyl (C=O) groups is 7. The molecule has 62 heavy (non-hydrogen) atoms. The minimum atomic E-state index is -1.40. The molecular formula is C45H59N7O10. The lowest BCUT2D eigenvalue weighted by Gasteiger charge is -2.32. The number of urea groups is 1. The van der Waals surface area contributed by atoms with Crippen molar-refractivity contribution in [2.24, 2.45) is 5.92 Å². The zero-order valence-corrected chi connectivity index (χ0v) is 35.6. The molecule has 17 nitrogen and oxygen atoms in total. The van der Waals surface area contributed by atoms with Gasteiger partial charge in [0.25, 0.3) is 0 Å². The van der Waals surface area contributed by atoms with Crippen LogP contribution in [0.25, 0.3) is 0 Å². The molecule has 0 saturated carbocycles. The highest BCUT2D eigenvalue weighted by atomic mass is 16.4. The lowest BCUT2D eigenvalue weighted by molar-refractivity contribution is -0.142. The Kier molecular flexibility index (Phi) is 18.1. The molecule has 17 heteroatoms. The van der Waals surface area contributed by atoms with Crippen molar-refractivity contribution in [3.05, 3.63) is 95.6 Å². The van der Waals surface area contributed by atoms with Crippen molar-refractivity contribution in [1.82, 2.24) is 36.8 Å². The largest absolute Gasteiger partial charge is 0.508 e. The Balaban J connectivity index is 1.65. The number of nitrogens with zero attached hydrogens (tertiary/aromatic N) is 1. The molecule has 3 aromatic carbocycles. The number of carboxylic acids is 1. The van der Waals surface area contributed by atoms with Crippen molar-refractivity contribution < 1.29 is 48.9 Å². The Morgan fingerprint density at radius 2 is 1.39 bits per heavy atom. The summed E-state index contributed by atoms with van der Waals surface area (Å²) in [6.07, 6.45) is 1.49. The van der Waals surface area contributed by atoms with Gasteiger partial charge in [0, 0.05) is 26.4 Å². The van der Waals surface area contributed by atoms with Gasteiger partial charge in [-0.3, -0.25) is 24.0 Å². The van der Waals surface area contributed by atoms with Crippen molar-refractivity contribution in [2.45, 2.75) is 108 Å². The van der Waals surface area contributed by atoms with Gasteiger partial charge in [0.1, 0.15) is 47.8 Å². The van der Waals surface area contributed by atoms with Gasteiger partial charge in [-0.05, 0) is 85.9 Å². The normalized spacial score (nSPS) is 22.0. The van der Waals surface area contributed by atoms with E-state index >= 15 is 0 Å². The van der Waals surface area contributed by atoms with Crippen LogP contribution in [0.15, 0.2) is 78.9 Å². The Morgan fingerprint density at radius 1 is 0.774 bits per heavy atom. The van der Waals surface area contributed by atoms with Gasteiger partial charge in [0.2, 0.25) is 29.5 Å². The van der Waals surface area contributed by atoms with Gasteiger partial charge in [0.15, 0.2) is 0 Å². The van der Waals surface area contributed by atoms with Gasteiger partial charge in [-0.25, -0.2) is 9.59 Å². The number of phenols is 2. The molecule has 334 valence electrons.